The lowest BCUT2D eigenvalue weighted by molar-refractivity contribution is 0.183. The number of hydrogen-bond donors (Lipinski definition) is 0. The molecule has 0 fully saturated rings. The number of isocyanates is 1. The van der Waals surface area contributed by atoms with Gasteiger partial charge in [-0.1, -0.05) is 13.3 Å². The van der Waals surface area contributed by atoms with Gasteiger partial charge in [0.15, 0.2) is 0 Å². The van der Waals surface area contributed by atoms with E-state index >= 15 is 0 Å². The van der Waals surface area contributed by atoms with Crippen LogP contribution in [0.5, 0.6) is 0 Å². The SMILES string of the molecule is CCCC[Si](N=C=O)(OCC)OCC.[SiH4]. The molecule has 0 aliphatic carbocycles. The first kappa shape index (κ1) is 17.1. The van der Waals surface area contributed by atoms with E-state index in [0.29, 0.717) is 13.2 Å². The van der Waals surface area contributed by atoms with Crippen molar-refractivity contribution in [1.82, 2.24) is 0 Å². The van der Waals surface area contributed by atoms with E-state index in [-0.39, 0.29) is 11.0 Å². The summed E-state index contributed by atoms with van der Waals surface area (Å²) < 4.78 is 14.8. The van der Waals surface area contributed by atoms with Gasteiger partial charge in [0.1, 0.15) is 0 Å². The van der Waals surface area contributed by atoms with Crippen LogP contribution in [0, 0.1) is 0 Å². The van der Waals surface area contributed by atoms with Crippen molar-refractivity contribution in [3.8, 4) is 0 Å². The molecule has 90 valence electrons. The lowest BCUT2D eigenvalue weighted by Gasteiger charge is -2.23. The van der Waals surface area contributed by atoms with Gasteiger partial charge in [-0.3, -0.25) is 0 Å². The largest absolute Gasteiger partial charge is 0.488 e. The summed E-state index contributed by atoms with van der Waals surface area (Å²) >= 11 is 0. The van der Waals surface area contributed by atoms with E-state index in [1.54, 1.807) is 6.08 Å². The van der Waals surface area contributed by atoms with Gasteiger partial charge in [0.2, 0.25) is 6.08 Å². The third kappa shape index (κ3) is 6.75. The number of carbonyl (C=O) groups excluding carboxylic acids is 1. The van der Waals surface area contributed by atoms with Gasteiger partial charge in [-0.2, -0.15) is 4.66 Å². The first-order valence-corrected chi connectivity index (χ1v) is 7.08. The van der Waals surface area contributed by atoms with Crippen LogP contribution in [0.15, 0.2) is 4.66 Å². The number of hydrogen-bond acceptors (Lipinski definition) is 4. The summed E-state index contributed by atoms with van der Waals surface area (Å²) in [6.45, 7) is 6.91. The Morgan fingerprint density at radius 1 is 1.20 bits per heavy atom. The second kappa shape index (κ2) is 10.3. The molecule has 0 rings (SSSR count). The van der Waals surface area contributed by atoms with E-state index in [1.807, 2.05) is 13.8 Å². The highest BCUT2D eigenvalue weighted by atomic mass is 28.4. The zero-order chi connectivity index (χ0) is 10.9. The molecule has 15 heavy (non-hydrogen) atoms. The fourth-order valence-corrected chi connectivity index (χ4v) is 3.68. The standard InChI is InChI=1S/C9H19NO3Si.H4Si/c1-4-7-8-14(10-9-11,12-5-2)13-6-3;/h4-8H2,1-3H3;1H4. The van der Waals surface area contributed by atoms with Crippen LogP contribution in [0.2, 0.25) is 6.04 Å². The van der Waals surface area contributed by atoms with E-state index in [4.69, 9.17) is 8.85 Å². The van der Waals surface area contributed by atoms with Crippen LogP contribution >= 0.6 is 0 Å². The van der Waals surface area contributed by atoms with E-state index in [9.17, 15) is 4.79 Å². The molecule has 4 nitrogen and oxygen atoms in total. The smallest absolute Gasteiger partial charge is 0.377 e. The Balaban J connectivity index is 0. The van der Waals surface area contributed by atoms with Gasteiger partial charge in [-0.05, 0) is 31.2 Å². The van der Waals surface area contributed by atoms with Gasteiger partial charge in [0.05, 0.1) is 0 Å². The molecule has 0 atom stereocenters. The van der Waals surface area contributed by atoms with Crippen LogP contribution < -0.4 is 0 Å². The maximum absolute atomic E-state index is 10.3. The summed E-state index contributed by atoms with van der Waals surface area (Å²) in [7, 11) is -2.62. The Bertz CT molecular complexity index is 190. The fraction of sp³-hybridized carbons (Fsp3) is 0.889. The maximum atomic E-state index is 10.3. The Morgan fingerprint density at radius 3 is 2.07 bits per heavy atom. The molecule has 0 aromatic heterocycles. The molecule has 0 bridgehead atoms. The molecule has 0 aliphatic rings. The lowest BCUT2D eigenvalue weighted by Crippen LogP contribution is -2.40. The second-order valence-electron chi connectivity index (χ2n) is 2.89. The molecular formula is C9H23NO3Si2. The predicted octanol–water partition coefficient (Wildman–Crippen LogP) is 0.683. The fourth-order valence-electron chi connectivity index (χ4n) is 1.23. The highest BCUT2D eigenvalue weighted by molar-refractivity contribution is 6.66. The summed E-state index contributed by atoms with van der Waals surface area (Å²) in [5.74, 6) is 0. The third-order valence-electron chi connectivity index (χ3n) is 1.80. The quantitative estimate of drug-likeness (QED) is 0.361. The Morgan fingerprint density at radius 2 is 1.73 bits per heavy atom. The summed E-state index contributed by atoms with van der Waals surface area (Å²) in [5, 5.41) is 0. The number of rotatable bonds is 8. The van der Waals surface area contributed by atoms with Crippen molar-refractivity contribution in [2.24, 2.45) is 4.66 Å². The van der Waals surface area contributed by atoms with Crippen molar-refractivity contribution >= 4 is 25.8 Å². The molecule has 0 heterocycles. The van der Waals surface area contributed by atoms with Crippen LogP contribution in [-0.4, -0.2) is 39.0 Å². The van der Waals surface area contributed by atoms with Crippen LogP contribution in [0.4, 0.5) is 0 Å². The van der Waals surface area contributed by atoms with Crippen LogP contribution in [0.25, 0.3) is 0 Å². The molecule has 0 amide bonds. The first-order chi connectivity index (χ1) is 6.74. The minimum absolute atomic E-state index is 0. The molecule has 0 saturated heterocycles. The topological polar surface area (TPSA) is 47.9 Å². The zero-order valence-corrected chi connectivity index (χ0v) is 10.2. The molecule has 0 aromatic carbocycles. The average Bonchev–Trinajstić information content (AvgIpc) is 2.16. The average molecular weight is 249 g/mol. The number of nitrogens with zero attached hydrogens (tertiary/aromatic N) is 1. The summed E-state index contributed by atoms with van der Waals surface area (Å²) in [6.07, 6.45) is 3.59. The highest BCUT2D eigenvalue weighted by Crippen LogP contribution is 2.18. The minimum atomic E-state index is -2.62. The lowest BCUT2D eigenvalue weighted by atomic mass is 10.4. The molecular weight excluding hydrogens is 226 g/mol. The minimum Gasteiger partial charge on any atom is -0.377 e. The molecule has 0 unspecified atom stereocenters. The van der Waals surface area contributed by atoms with Gasteiger partial charge in [-0.15, -0.1) is 0 Å². The van der Waals surface area contributed by atoms with Crippen LogP contribution in [0.3, 0.4) is 0 Å². The van der Waals surface area contributed by atoms with Gasteiger partial charge in [0, 0.05) is 19.3 Å². The van der Waals surface area contributed by atoms with Gasteiger partial charge >= 0.3 is 8.72 Å². The van der Waals surface area contributed by atoms with Crippen LogP contribution in [0.1, 0.15) is 33.6 Å². The van der Waals surface area contributed by atoms with Crippen molar-refractivity contribution in [3.63, 3.8) is 0 Å². The highest BCUT2D eigenvalue weighted by Gasteiger charge is 2.37. The van der Waals surface area contributed by atoms with Crippen LogP contribution in [-0.2, 0) is 13.6 Å². The Hall–Kier alpha value is -0.266. The van der Waals surface area contributed by atoms with E-state index in [2.05, 4.69) is 11.6 Å². The van der Waals surface area contributed by atoms with Crippen molar-refractivity contribution in [2.45, 2.75) is 39.7 Å². The van der Waals surface area contributed by atoms with Gasteiger partial charge < -0.3 is 8.85 Å². The van der Waals surface area contributed by atoms with Crippen molar-refractivity contribution in [3.05, 3.63) is 0 Å². The molecule has 0 N–H and O–H groups in total. The Labute approximate surface area is 97.4 Å². The maximum Gasteiger partial charge on any atom is 0.488 e. The number of unbranched alkanes of at least 4 members (excludes halogenated alkanes) is 1. The first-order valence-electron chi connectivity index (χ1n) is 5.11. The summed E-state index contributed by atoms with van der Waals surface area (Å²) in [5.41, 5.74) is 0. The van der Waals surface area contributed by atoms with E-state index in [0.717, 1.165) is 18.9 Å². The molecule has 0 saturated carbocycles. The second-order valence-corrected chi connectivity index (χ2v) is 5.61. The van der Waals surface area contributed by atoms with E-state index in [1.165, 1.54) is 0 Å². The summed E-state index contributed by atoms with van der Waals surface area (Å²) in [4.78, 5) is 10.3. The van der Waals surface area contributed by atoms with Crippen molar-refractivity contribution in [2.75, 3.05) is 13.2 Å². The molecule has 0 spiro atoms. The van der Waals surface area contributed by atoms with E-state index < -0.39 is 8.72 Å². The monoisotopic (exact) mass is 249 g/mol. The Kier molecular flexibility index (Phi) is 11.7. The predicted molar refractivity (Wildman–Crippen MR) is 68.2 cm³/mol. The van der Waals surface area contributed by atoms with Crippen molar-refractivity contribution < 1.29 is 13.6 Å². The van der Waals surface area contributed by atoms with Gasteiger partial charge in [0.25, 0.3) is 0 Å². The third-order valence-corrected chi connectivity index (χ3v) is 4.70. The summed E-state index contributed by atoms with van der Waals surface area (Å²) in [6, 6.07) is 0.737. The van der Waals surface area contributed by atoms with Gasteiger partial charge in [-0.25, -0.2) is 4.79 Å². The van der Waals surface area contributed by atoms with Crippen molar-refractivity contribution in [1.29, 1.82) is 0 Å². The zero-order valence-electron chi connectivity index (χ0n) is 9.21. The molecule has 0 aromatic rings. The molecule has 6 heteroatoms. The molecule has 0 radical (unpaired) electrons. The molecule has 0 aliphatic heterocycles. The normalized spacial score (nSPS) is 10.3.